The molecule has 0 fully saturated rings. The zero-order chi connectivity index (χ0) is 13.4. The predicted octanol–water partition coefficient (Wildman–Crippen LogP) is 2.29. The van der Waals surface area contributed by atoms with Crippen molar-refractivity contribution in [3.8, 4) is 0 Å². The molecule has 2 aromatic rings. The SMILES string of the molecule is Cc1cc2c(n1CCc1nccn1C)CCCC2=O. The summed E-state index contributed by atoms with van der Waals surface area (Å²) < 4.78 is 4.34. The number of imidazole rings is 1. The Hall–Kier alpha value is -1.84. The molecule has 0 unspecified atom stereocenters. The Balaban J connectivity index is 1.85. The summed E-state index contributed by atoms with van der Waals surface area (Å²) in [5.74, 6) is 1.39. The molecule has 0 saturated carbocycles. The van der Waals surface area contributed by atoms with Crippen molar-refractivity contribution in [2.75, 3.05) is 0 Å². The van der Waals surface area contributed by atoms with Crippen LogP contribution in [0.15, 0.2) is 18.5 Å². The minimum atomic E-state index is 0.306. The van der Waals surface area contributed by atoms with E-state index in [1.807, 2.05) is 19.4 Å². The molecule has 0 aliphatic heterocycles. The summed E-state index contributed by atoms with van der Waals surface area (Å²) in [5.41, 5.74) is 3.36. The molecule has 1 aliphatic rings. The number of nitrogens with zero attached hydrogens (tertiary/aromatic N) is 3. The molecule has 4 heteroatoms. The fraction of sp³-hybridized carbons (Fsp3) is 0.467. The molecule has 0 aromatic carbocycles. The van der Waals surface area contributed by atoms with Gasteiger partial charge < -0.3 is 9.13 Å². The molecule has 2 heterocycles. The zero-order valence-electron chi connectivity index (χ0n) is 11.5. The molecule has 0 atom stereocenters. The fourth-order valence-corrected chi connectivity index (χ4v) is 2.95. The van der Waals surface area contributed by atoms with E-state index in [2.05, 4.69) is 27.1 Å². The minimum absolute atomic E-state index is 0.306. The van der Waals surface area contributed by atoms with Gasteiger partial charge in [-0.15, -0.1) is 0 Å². The number of hydrogen-bond donors (Lipinski definition) is 0. The first-order valence-corrected chi connectivity index (χ1v) is 6.85. The number of ketones is 1. The van der Waals surface area contributed by atoms with Gasteiger partial charge in [0, 0.05) is 55.8 Å². The molecule has 100 valence electrons. The summed E-state index contributed by atoms with van der Waals surface area (Å²) in [4.78, 5) is 16.3. The summed E-state index contributed by atoms with van der Waals surface area (Å²) in [7, 11) is 2.02. The molecule has 0 spiro atoms. The molecule has 0 N–H and O–H groups in total. The molecule has 3 rings (SSSR count). The van der Waals surface area contributed by atoms with Crippen molar-refractivity contribution in [2.24, 2.45) is 7.05 Å². The standard InChI is InChI=1S/C15H19N3O/c1-11-10-12-13(4-3-5-14(12)19)18(11)8-6-15-16-7-9-17(15)2/h7,9-10H,3-6,8H2,1-2H3. The van der Waals surface area contributed by atoms with Crippen LogP contribution in [-0.4, -0.2) is 19.9 Å². The molecule has 1 aliphatic carbocycles. The normalized spacial score (nSPS) is 14.7. The third kappa shape index (κ3) is 2.11. The summed E-state index contributed by atoms with van der Waals surface area (Å²) in [6, 6.07) is 2.05. The van der Waals surface area contributed by atoms with Gasteiger partial charge in [0.2, 0.25) is 0 Å². The van der Waals surface area contributed by atoms with Crippen LogP contribution in [0.4, 0.5) is 0 Å². The van der Waals surface area contributed by atoms with E-state index in [-0.39, 0.29) is 0 Å². The Morgan fingerprint density at radius 2 is 2.21 bits per heavy atom. The van der Waals surface area contributed by atoms with Crippen LogP contribution in [0.25, 0.3) is 0 Å². The van der Waals surface area contributed by atoms with Crippen molar-refractivity contribution in [2.45, 2.75) is 39.2 Å². The maximum Gasteiger partial charge on any atom is 0.164 e. The Morgan fingerprint density at radius 1 is 1.37 bits per heavy atom. The van der Waals surface area contributed by atoms with Gasteiger partial charge in [-0.2, -0.15) is 0 Å². The van der Waals surface area contributed by atoms with E-state index >= 15 is 0 Å². The van der Waals surface area contributed by atoms with Gasteiger partial charge in [0.1, 0.15) is 5.82 Å². The van der Waals surface area contributed by atoms with Crippen LogP contribution >= 0.6 is 0 Å². The molecular formula is C15H19N3O. The van der Waals surface area contributed by atoms with Gasteiger partial charge in [-0.05, 0) is 25.8 Å². The maximum absolute atomic E-state index is 11.9. The predicted molar refractivity (Wildman–Crippen MR) is 73.3 cm³/mol. The van der Waals surface area contributed by atoms with Crippen molar-refractivity contribution in [3.05, 3.63) is 41.2 Å². The average molecular weight is 257 g/mol. The minimum Gasteiger partial charge on any atom is -0.348 e. The topological polar surface area (TPSA) is 39.8 Å². The van der Waals surface area contributed by atoms with Gasteiger partial charge in [0.25, 0.3) is 0 Å². The summed E-state index contributed by atoms with van der Waals surface area (Å²) in [5, 5.41) is 0. The van der Waals surface area contributed by atoms with E-state index in [1.54, 1.807) is 0 Å². The zero-order valence-corrected chi connectivity index (χ0v) is 11.5. The molecular weight excluding hydrogens is 238 g/mol. The van der Waals surface area contributed by atoms with Crippen LogP contribution in [0, 0.1) is 6.92 Å². The number of aryl methyl sites for hydroxylation is 3. The number of hydrogen-bond acceptors (Lipinski definition) is 2. The summed E-state index contributed by atoms with van der Waals surface area (Å²) >= 11 is 0. The van der Waals surface area contributed by atoms with Gasteiger partial charge in [0.15, 0.2) is 5.78 Å². The third-order valence-corrected chi connectivity index (χ3v) is 4.01. The average Bonchev–Trinajstić information content (AvgIpc) is 2.92. The van der Waals surface area contributed by atoms with Crippen LogP contribution < -0.4 is 0 Å². The second-order valence-corrected chi connectivity index (χ2v) is 5.28. The third-order valence-electron chi connectivity index (χ3n) is 4.01. The lowest BCUT2D eigenvalue weighted by atomic mass is 9.96. The highest BCUT2D eigenvalue weighted by Gasteiger charge is 2.22. The second kappa shape index (κ2) is 4.68. The quantitative estimate of drug-likeness (QED) is 0.846. The largest absolute Gasteiger partial charge is 0.348 e. The van der Waals surface area contributed by atoms with Crippen molar-refractivity contribution in [3.63, 3.8) is 0 Å². The van der Waals surface area contributed by atoms with Crippen LogP contribution in [-0.2, 0) is 26.4 Å². The monoisotopic (exact) mass is 257 g/mol. The Kier molecular flexibility index (Phi) is 3.01. The van der Waals surface area contributed by atoms with Gasteiger partial charge in [0.05, 0.1) is 0 Å². The Morgan fingerprint density at radius 3 is 2.95 bits per heavy atom. The van der Waals surface area contributed by atoms with Crippen molar-refractivity contribution >= 4 is 5.78 Å². The molecule has 0 saturated heterocycles. The highest BCUT2D eigenvalue weighted by molar-refractivity contribution is 5.98. The fourth-order valence-electron chi connectivity index (χ4n) is 2.95. The lowest BCUT2D eigenvalue weighted by Gasteiger charge is -2.15. The number of rotatable bonds is 3. The molecule has 0 amide bonds. The molecule has 2 aromatic heterocycles. The number of carbonyl (C=O) groups excluding carboxylic acids is 1. The van der Waals surface area contributed by atoms with E-state index in [1.165, 1.54) is 11.4 Å². The van der Waals surface area contributed by atoms with Gasteiger partial charge in [-0.25, -0.2) is 4.98 Å². The first kappa shape index (κ1) is 12.2. The first-order valence-electron chi connectivity index (χ1n) is 6.85. The van der Waals surface area contributed by atoms with E-state index in [0.29, 0.717) is 12.2 Å². The molecule has 0 radical (unpaired) electrons. The number of Topliss-reactive ketones (excluding diaryl/α,β-unsaturated/α-hetero) is 1. The van der Waals surface area contributed by atoms with Crippen LogP contribution in [0.2, 0.25) is 0 Å². The maximum atomic E-state index is 11.9. The smallest absolute Gasteiger partial charge is 0.164 e. The van der Waals surface area contributed by atoms with Crippen LogP contribution in [0.3, 0.4) is 0 Å². The van der Waals surface area contributed by atoms with Crippen LogP contribution in [0.1, 0.15) is 40.4 Å². The number of aromatic nitrogens is 3. The Bertz CT molecular complexity index is 621. The lowest BCUT2D eigenvalue weighted by molar-refractivity contribution is 0.0972. The van der Waals surface area contributed by atoms with E-state index < -0.39 is 0 Å². The second-order valence-electron chi connectivity index (χ2n) is 5.28. The summed E-state index contributed by atoms with van der Waals surface area (Å²) in [6.07, 6.45) is 7.41. The van der Waals surface area contributed by atoms with Gasteiger partial charge >= 0.3 is 0 Å². The van der Waals surface area contributed by atoms with Crippen molar-refractivity contribution in [1.82, 2.24) is 14.1 Å². The summed E-state index contributed by atoms with van der Waals surface area (Å²) in [6.45, 7) is 2.99. The van der Waals surface area contributed by atoms with Crippen molar-refractivity contribution < 1.29 is 4.79 Å². The highest BCUT2D eigenvalue weighted by Crippen LogP contribution is 2.25. The lowest BCUT2D eigenvalue weighted by Crippen LogP contribution is -2.15. The molecule has 0 bridgehead atoms. The van der Waals surface area contributed by atoms with Gasteiger partial charge in [-0.3, -0.25) is 4.79 Å². The Labute approximate surface area is 113 Å². The number of fused-ring (bicyclic) bond motifs is 1. The van der Waals surface area contributed by atoms with Crippen LogP contribution in [0.5, 0.6) is 0 Å². The van der Waals surface area contributed by atoms with E-state index in [9.17, 15) is 4.79 Å². The molecule has 19 heavy (non-hydrogen) atoms. The molecule has 4 nitrogen and oxygen atoms in total. The van der Waals surface area contributed by atoms with E-state index in [4.69, 9.17) is 0 Å². The first-order chi connectivity index (χ1) is 9.16. The highest BCUT2D eigenvalue weighted by atomic mass is 16.1. The van der Waals surface area contributed by atoms with Gasteiger partial charge in [-0.1, -0.05) is 0 Å². The number of carbonyl (C=O) groups is 1. The van der Waals surface area contributed by atoms with E-state index in [0.717, 1.165) is 37.2 Å². The van der Waals surface area contributed by atoms with Crippen molar-refractivity contribution in [1.29, 1.82) is 0 Å².